The zero-order valence-corrected chi connectivity index (χ0v) is 23.8. The molecule has 0 nitrogen and oxygen atoms in total. The Balaban J connectivity index is 0. The molecule has 1 aromatic rings. The Morgan fingerprint density at radius 3 is 1.75 bits per heavy atom. The van der Waals surface area contributed by atoms with E-state index in [1.807, 2.05) is 5.20 Å². The first-order valence-electron chi connectivity index (χ1n) is 10.0. The van der Waals surface area contributed by atoms with E-state index in [1.54, 1.807) is 31.3 Å². The molecule has 0 bridgehead atoms. The standard InChI is InChI=1S/C23H35Si.3ClH.Ti/c1-8-10-11-12-20-13-21(9-2)22(14-20)24-23-18(6)16(4)15(3)17(5)19(23)7;;;;/h8-12,14,24H2,1-7H3;3*1H;/q;;;;+3/p-3. The Hall–Kier alpha value is 0.501. The van der Waals surface area contributed by atoms with Crippen molar-refractivity contribution in [2.75, 3.05) is 0 Å². The summed E-state index contributed by atoms with van der Waals surface area (Å²) in [6.45, 7) is 16.3. The average Bonchev–Trinajstić information content (AvgIpc) is 2.90. The molecule has 156 valence electrons. The summed E-state index contributed by atoms with van der Waals surface area (Å²) in [6.07, 6.45) is 7.89. The van der Waals surface area contributed by atoms with Gasteiger partial charge in [0, 0.05) is 0 Å². The maximum Gasteiger partial charge on any atom is -1.00 e. The average molecular weight is 494 g/mol. The molecule has 1 aliphatic carbocycles. The number of rotatable bonds is 7. The van der Waals surface area contributed by atoms with Crippen molar-refractivity contribution in [1.29, 1.82) is 0 Å². The zero-order valence-electron chi connectivity index (χ0n) is 18.6. The second kappa shape index (κ2) is 13.7. The molecule has 0 saturated carbocycles. The van der Waals surface area contributed by atoms with Crippen LogP contribution in [0.2, 0.25) is 0 Å². The molecular weight excluding hydrogens is 459 g/mol. The van der Waals surface area contributed by atoms with Crippen LogP contribution < -0.4 is 42.4 Å². The second-order valence-electron chi connectivity index (χ2n) is 7.83. The van der Waals surface area contributed by atoms with Crippen LogP contribution in [0.4, 0.5) is 0 Å². The quantitative estimate of drug-likeness (QED) is 0.273. The van der Waals surface area contributed by atoms with Crippen LogP contribution in [-0.4, -0.2) is 9.52 Å². The maximum atomic E-state index is 2.40. The summed E-state index contributed by atoms with van der Waals surface area (Å²) in [5.74, 6) is 0. The molecule has 0 atom stereocenters. The molecule has 0 aliphatic heterocycles. The minimum Gasteiger partial charge on any atom is -1.00 e. The Morgan fingerprint density at radius 2 is 1.29 bits per heavy atom. The van der Waals surface area contributed by atoms with Gasteiger partial charge in [0.2, 0.25) is 0 Å². The minimum atomic E-state index is -0.364. The third-order valence-corrected chi connectivity index (χ3v) is 10.0. The summed E-state index contributed by atoms with van der Waals surface area (Å²) < 4.78 is 1.65. The summed E-state index contributed by atoms with van der Waals surface area (Å²) in [7, 11) is -0.364. The third kappa shape index (κ3) is 6.50. The number of allylic oxidation sites excluding steroid dienone is 4. The topological polar surface area (TPSA) is 0 Å². The number of benzene rings is 1. The number of hydrogen-bond donors (Lipinski definition) is 0. The van der Waals surface area contributed by atoms with E-state index in [0.29, 0.717) is 0 Å². The second-order valence-corrected chi connectivity index (χ2v) is 10.5. The van der Waals surface area contributed by atoms with Gasteiger partial charge in [0.25, 0.3) is 0 Å². The molecule has 0 saturated heterocycles. The van der Waals surface area contributed by atoms with Crippen molar-refractivity contribution in [3.63, 3.8) is 0 Å². The molecule has 0 N–H and O–H groups in total. The first-order valence-corrected chi connectivity index (χ1v) is 12.2. The summed E-state index contributed by atoms with van der Waals surface area (Å²) in [4.78, 5) is 0. The monoisotopic (exact) mass is 492 g/mol. The van der Waals surface area contributed by atoms with E-state index in [2.05, 4.69) is 68.9 Å². The van der Waals surface area contributed by atoms with Gasteiger partial charge in [-0.3, -0.25) is 0 Å². The Labute approximate surface area is 206 Å². The molecule has 1 aromatic carbocycles. The van der Waals surface area contributed by atoms with Crippen LogP contribution >= 0.6 is 0 Å². The van der Waals surface area contributed by atoms with Crippen LogP contribution in [0.1, 0.15) is 80.2 Å². The largest absolute Gasteiger partial charge is 1.00 e. The molecule has 0 unspecified atom stereocenters. The van der Waals surface area contributed by atoms with E-state index in [1.165, 1.54) is 55.2 Å². The molecule has 0 fully saturated rings. The van der Waals surface area contributed by atoms with Crippen molar-refractivity contribution >= 4 is 14.7 Å². The SMILES string of the molecule is CCCCCC1=[C]([Ti+3])C(CC)=C([SiH2]c2c(C)c(C)c(C)c(C)c2C)C1.[Cl-].[Cl-].[Cl-]. The van der Waals surface area contributed by atoms with Crippen LogP contribution in [0.15, 0.2) is 20.2 Å². The van der Waals surface area contributed by atoms with Gasteiger partial charge in [-0.2, -0.15) is 0 Å². The van der Waals surface area contributed by atoms with Crippen molar-refractivity contribution in [2.45, 2.75) is 87.0 Å². The van der Waals surface area contributed by atoms with Crippen molar-refractivity contribution in [1.82, 2.24) is 0 Å². The fourth-order valence-corrected chi connectivity index (χ4v) is 8.01. The van der Waals surface area contributed by atoms with Gasteiger partial charge in [-0.05, 0) is 0 Å². The van der Waals surface area contributed by atoms with Crippen molar-refractivity contribution in [3.05, 3.63) is 48.0 Å². The maximum absolute atomic E-state index is 2.40. The van der Waals surface area contributed by atoms with Crippen LogP contribution in [0.5, 0.6) is 0 Å². The number of hydrogen-bond acceptors (Lipinski definition) is 0. The van der Waals surface area contributed by atoms with E-state index in [0.717, 1.165) is 0 Å². The Kier molecular flexibility index (Phi) is 15.1. The smallest absolute Gasteiger partial charge is 1.00 e. The summed E-state index contributed by atoms with van der Waals surface area (Å²) in [5, 5.41) is 3.56. The molecule has 2 rings (SSSR count). The normalized spacial score (nSPS) is 13.8. The van der Waals surface area contributed by atoms with Crippen LogP contribution in [-0.2, 0) is 20.4 Å². The first-order chi connectivity index (χ1) is 11.8. The zero-order chi connectivity index (χ0) is 18.7. The fourth-order valence-electron chi connectivity index (χ4n) is 4.30. The van der Waals surface area contributed by atoms with E-state index >= 15 is 0 Å². The van der Waals surface area contributed by atoms with Gasteiger partial charge in [-0.1, -0.05) is 0 Å². The van der Waals surface area contributed by atoms with Gasteiger partial charge in [-0.25, -0.2) is 0 Å². The molecule has 0 radical (unpaired) electrons. The predicted molar refractivity (Wildman–Crippen MR) is 111 cm³/mol. The third-order valence-electron chi connectivity index (χ3n) is 6.49. The van der Waals surface area contributed by atoms with Crippen molar-refractivity contribution in [3.8, 4) is 0 Å². The summed E-state index contributed by atoms with van der Waals surface area (Å²) in [6, 6.07) is 0. The first kappa shape index (κ1) is 30.7. The van der Waals surface area contributed by atoms with Crippen molar-refractivity contribution in [2.24, 2.45) is 0 Å². The molecule has 1 aliphatic rings. The van der Waals surface area contributed by atoms with E-state index < -0.39 is 0 Å². The van der Waals surface area contributed by atoms with E-state index in [-0.39, 0.29) is 46.7 Å². The van der Waals surface area contributed by atoms with Gasteiger partial charge in [0.15, 0.2) is 0 Å². The molecule has 0 heterocycles. The van der Waals surface area contributed by atoms with Gasteiger partial charge in [0.05, 0.1) is 0 Å². The van der Waals surface area contributed by atoms with Gasteiger partial charge < -0.3 is 37.2 Å². The van der Waals surface area contributed by atoms with Gasteiger partial charge >= 0.3 is 170 Å². The minimum absolute atomic E-state index is 0. The van der Waals surface area contributed by atoms with E-state index in [4.69, 9.17) is 0 Å². The van der Waals surface area contributed by atoms with Crippen LogP contribution in [0.25, 0.3) is 0 Å². The Morgan fingerprint density at radius 1 is 0.786 bits per heavy atom. The summed E-state index contributed by atoms with van der Waals surface area (Å²) in [5.41, 5.74) is 11.2. The Bertz CT molecular complexity index is 707. The predicted octanol–water partition coefficient (Wildman–Crippen LogP) is -3.52. The molecule has 0 amide bonds. The fraction of sp³-hybridized carbons (Fsp3) is 0.565. The molecule has 0 aromatic heterocycles. The van der Waals surface area contributed by atoms with E-state index in [9.17, 15) is 0 Å². The molecular formula is C23H35Cl3SiTi. The van der Waals surface area contributed by atoms with Gasteiger partial charge in [-0.15, -0.1) is 0 Å². The molecule has 5 heteroatoms. The molecule has 28 heavy (non-hydrogen) atoms. The number of halogens is 3. The number of unbranched alkanes of at least 4 members (excludes halogenated alkanes) is 2. The van der Waals surface area contributed by atoms with Crippen LogP contribution in [0.3, 0.4) is 0 Å². The van der Waals surface area contributed by atoms with Gasteiger partial charge in [0.1, 0.15) is 0 Å². The van der Waals surface area contributed by atoms with Crippen LogP contribution in [0, 0.1) is 34.6 Å². The molecule has 0 spiro atoms. The summed E-state index contributed by atoms with van der Waals surface area (Å²) >= 11 is 2.40. The van der Waals surface area contributed by atoms with Crippen molar-refractivity contribution < 1.29 is 57.7 Å².